The van der Waals surface area contributed by atoms with Crippen LogP contribution in [0.3, 0.4) is 0 Å². The van der Waals surface area contributed by atoms with Gasteiger partial charge >= 0.3 is 12.1 Å². The highest BCUT2D eigenvalue weighted by molar-refractivity contribution is 6.05. The van der Waals surface area contributed by atoms with Crippen LogP contribution in [-0.4, -0.2) is 143 Å². The lowest BCUT2D eigenvalue weighted by molar-refractivity contribution is -0.162. The molecule has 2 aromatic heterocycles. The molecule has 75 heavy (non-hydrogen) atoms. The van der Waals surface area contributed by atoms with Crippen LogP contribution in [0, 0.1) is 5.41 Å². The van der Waals surface area contributed by atoms with Crippen LogP contribution in [0.15, 0.2) is 72.9 Å². The number of pyridine rings is 1. The Balaban J connectivity index is 0.769. The number of aliphatic carboxylic acids is 1. The Morgan fingerprint density at radius 3 is 2.28 bits per heavy atom. The number of hydrogen-bond acceptors (Lipinski definition) is 15. The smallest absolute Gasteiger partial charge is 0.410 e. The number of carbonyl (C=O) groups is 4. The summed E-state index contributed by atoms with van der Waals surface area (Å²) in [5, 5.41) is 24.5. The SMILES string of the molecule is CN(C)CCCC[C@H](NC(=O)C1(C(=O)O)CCC1)C(=O)Nc1ccc(COc2ccccc2-c2cc(N3C[C@H]4CC[C@H](C3)N4c3ccnc(OC4CC(OC5CCN(C(=O)OC(C)(C)C)CC5)C4)c3)c(N)nn2)cc1. The first-order valence-corrected chi connectivity index (χ1v) is 26.7. The highest BCUT2D eigenvalue weighted by Crippen LogP contribution is 2.43. The molecule has 5 aliphatic rings. The number of anilines is 4. The molecule has 5 heterocycles. The standard InChI is InChI=1S/C56H74N10O9/c1-55(2,3)75-54(71)64-27-21-41(22-28-64)73-42-30-43(31-42)74-49-29-38(20-25-58-49)66-39-18-19-40(66)34-65(33-39)47-32-46(61-62-50(47)57)44-11-6-7-13-48(44)72-35-36-14-16-37(17-15-36)59-51(67)45(12-8-9-26-63(4)5)60-52(68)56(53(69)70)23-10-24-56/h6-7,11,13-17,20,25,29,32,39-43,45H,8-10,12,18-19,21-24,26-28,30-31,33-35H2,1-5H3,(H2,57,62)(H,59,67)(H,60,68)(H,69,70)/t39-,40-,42?,43?,45+/m1/s1. The molecule has 0 radical (unpaired) electrons. The lowest BCUT2D eigenvalue weighted by atomic mass is 9.68. The summed E-state index contributed by atoms with van der Waals surface area (Å²) in [5.41, 5.74) is 9.35. The largest absolute Gasteiger partial charge is 0.488 e. The minimum Gasteiger partial charge on any atom is -0.488 e. The van der Waals surface area contributed by atoms with Gasteiger partial charge in [-0.15, -0.1) is 10.2 Å². The van der Waals surface area contributed by atoms with Crippen LogP contribution in [0.25, 0.3) is 11.3 Å². The zero-order valence-corrected chi connectivity index (χ0v) is 44.0. The van der Waals surface area contributed by atoms with Gasteiger partial charge in [0, 0.05) is 80.3 Å². The van der Waals surface area contributed by atoms with Gasteiger partial charge in [-0.3, -0.25) is 14.4 Å². The van der Waals surface area contributed by atoms with Crippen molar-refractivity contribution in [3.05, 3.63) is 78.5 Å². The molecule has 0 unspecified atom stereocenters. The first kappa shape index (κ1) is 53.1. The van der Waals surface area contributed by atoms with Crippen LogP contribution in [0.2, 0.25) is 0 Å². The second-order valence-electron chi connectivity index (χ2n) is 22.2. The Bertz CT molecular complexity index is 2630. The number of amides is 3. The molecule has 3 saturated heterocycles. The molecule has 4 aromatic rings. The predicted molar refractivity (Wildman–Crippen MR) is 285 cm³/mol. The Morgan fingerprint density at radius 1 is 0.893 bits per heavy atom. The number of unbranched alkanes of at least 4 members (excludes halogenated alkanes) is 1. The number of ether oxygens (including phenoxy) is 4. The second-order valence-corrected chi connectivity index (χ2v) is 22.2. The summed E-state index contributed by atoms with van der Waals surface area (Å²) in [6.45, 7) is 9.52. The van der Waals surface area contributed by atoms with E-state index in [2.05, 4.69) is 52.6 Å². The molecule has 19 heteroatoms. The van der Waals surface area contributed by atoms with E-state index in [1.807, 2.05) is 83.5 Å². The third-order valence-electron chi connectivity index (χ3n) is 15.3. The first-order chi connectivity index (χ1) is 36.0. The van der Waals surface area contributed by atoms with Gasteiger partial charge in [0.05, 0.1) is 23.6 Å². The van der Waals surface area contributed by atoms with Crippen molar-refractivity contribution < 1.29 is 43.2 Å². The molecule has 2 aromatic carbocycles. The van der Waals surface area contributed by atoms with Crippen LogP contribution in [-0.2, 0) is 30.5 Å². The summed E-state index contributed by atoms with van der Waals surface area (Å²) in [7, 11) is 3.96. The lowest BCUT2D eigenvalue weighted by Crippen LogP contribution is -2.55. The van der Waals surface area contributed by atoms with Gasteiger partial charge in [0.25, 0.3) is 0 Å². The number of carboxylic acid groups (broad SMARTS) is 1. The van der Waals surface area contributed by atoms with E-state index in [9.17, 15) is 24.3 Å². The third-order valence-corrected chi connectivity index (χ3v) is 15.3. The molecular weight excluding hydrogens is 957 g/mol. The Hall–Kier alpha value is -6.73. The topological polar surface area (TPSA) is 227 Å². The molecule has 5 N–H and O–H groups in total. The minimum atomic E-state index is -1.47. The maximum atomic E-state index is 13.6. The maximum Gasteiger partial charge on any atom is 0.410 e. The van der Waals surface area contributed by atoms with Crippen LogP contribution in [0.5, 0.6) is 11.6 Å². The van der Waals surface area contributed by atoms with Crippen molar-refractivity contribution in [2.24, 2.45) is 5.41 Å². The average Bonchev–Trinajstić information content (AvgIpc) is 3.62. The predicted octanol–water partition coefficient (Wildman–Crippen LogP) is 7.29. The summed E-state index contributed by atoms with van der Waals surface area (Å²) < 4.78 is 24.7. The van der Waals surface area contributed by atoms with Crippen LogP contribution in [0.1, 0.15) is 103 Å². The van der Waals surface area contributed by atoms with Gasteiger partial charge in [0.1, 0.15) is 35.5 Å². The van der Waals surface area contributed by atoms with Crippen molar-refractivity contribution in [3.63, 3.8) is 0 Å². The summed E-state index contributed by atoms with van der Waals surface area (Å²) >= 11 is 0. The fraction of sp³-hybridized carbons (Fsp3) is 0.554. The van der Waals surface area contributed by atoms with Crippen molar-refractivity contribution in [2.45, 2.75) is 146 Å². The van der Waals surface area contributed by atoms with Crippen LogP contribution >= 0.6 is 0 Å². The summed E-state index contributed by atoms with van der Waals surface area (Å²) in [4.78, 5) is 64.6. The number of nitrogens with zero attached hydrogens (tertiary/aromatic N) is 7. The molecular formula is C56H74N10O9. The second kappa shape index (κ2) is 23.0. The Labute approximate surface area is 439 Å². The number of carboxylic acids is 1. The quantitative estimate of drug-likeness (QED) is 0.0503. The van der Waals surface area contributed by atoms with Gasteiger partial charge < -0.3 is 60.0 Å². The fourth-order valence-corrected chi connectivity index (χ4v) is 10.9. The normalized spacial score (nSPS) is 21.7. The zero-order chi connectivity index (χ0) is 52.9. The number of nitrogens with two attached hydrogens (primary N) is 1. The number of fused-ring (bicyclic) bond motifs is 2. The van der Waals surface area contributed by atoms with Gasteiger partial charge in [-0.1, -0.05) is 30.7 Å². The molecule has 9 rings (SSSR count). The number of nitrogens with one attached hydrogen (secondary N) is 2. The number of benzene rings is 2. The number of nitrogen functional groups attached to an aromatic ring is 1. The van der Waals surface area contributed by atoms with Crippen molar-refractivity contribution in [3.8, 4) is 22.9 Å². The monoisotopic (exact) mass is 1030 g/mol. The van der Waals surface area contributed by atoms with Gasteiger partial charge in [-0.2, -0.15) is 0 Å². The summed E-state index contributed by atoms with van der Waals surface area (Å²) in [6, 6.07) is 20.8. The summed E-state index contributed by atoms with van der Waals surface area (Å²) in [6.07, 6.45) is 10.3. The minimum absolute atomic E-state index is 0.0400. The van der Waals surface area contributed by atoms with E-state index in [0.29, 0.717) is 61.2 Å². The lowest BCUT2D eigenvalue weighted by Gasteiger charge is -2.43. The molecule has 19 nitrogen and oxygen atoms in total. The molecule has 3 amide bonds. The van der Waals surface area contributed by atoms with Crippen LogP contribution < -0.4 is 35.6 Å². The van der Waals surface area contributed by atoms with Crippen LogP contribution in [0.4, 0.5) is 27.7 Å². The highest BCUT2D eigenvalue weighted by atomic mass is 16.6. The van der Waals surface area contributed by atoms with E-state index in [1.54, 1.807) is 17.0 Å². The third kappa shape index (κ3) is 12.9. The maximum absolute atomic E-state index is 13.6. The Morgan fingerprint density at radius 2 is 1.61 bits per heavy atom. The molecule has 0 spiro atoms. The molecule has 3 atom stereocenters. The fourth-order valence-electron chi connectivity index (χ4n) is 10.9. The van der Waals surface area contributed by atoms with E-state index in [4.69, 9.17) is 24.7 Å². The molecule has 2 aliphatic carbocycles. The van der Waals surface area contributed by atoms with E-state index < -0.39 is 34.8 Å². The number of likely N-dealkylation sites (tertiary alicyclic amines) is 1. The molecule has 3 aliphatic heterocycles. The van der Waals surface area contributed by atoms with E-state index >= 15 is 0 Å². The van der Waals surface area contributed by atoms with E-state index in [0.717, 1.165) is 87.1 Å². The molecule has 2 saturated carbocycles. The number of aromatic nitrogens is 3. The number of para-hydroxylation sites is 1. The highest BCUT2D eigenvalue weighted by Gasteiger charge is 2.52. The van der Waals surface area contributed by atoms with Gasteiger partial charge in [0.15, 0.2) is 5.82 Å². The van der Waals surface area contributed by atoms with Crippen molar-refractivity contribution >= 4 is 46.8 Å². The molecule has 402 valence electrons. The molecule has 2 bridgehead atoms. The first-order valence-electron chi connectivity index (χ1n) is 26.7. The van der Waals surface area contributed by atoms with Crippen molar-refractivity contribution in [2.75, 3.05) is 67.7 Å². The van der Waals surface area contributed by atoms with Gasteiger partial charge in [-0.05, 0) is 141 Å². The number of hydrogen-bond donors (Lipinski definition) is 4. The number of carbonyl (C=O) groups excluding carboxylic acids is 3. The van der Waals surface area contributed by atoms with E-state index in [-0.39, 0.29) is 55.9 Å². The van der Waals surface area contributed by atoms with Gasteiger partial charge in [0.2, 0.25) is 17.7 Å². The molecule has 5 fully saturated rings. The average molecular weight is 1030 g/mol. The zero-order valence-electron chi connectivity index (χ0n) is 44.0. The van der Waals surface area contributed by atoms with Gasteiger partial charge in [-0.25, -0.2) is 9.78 Å². The number of piperidine rings is 1. The number of piperazine rings is 1. The number of rotatable bonds is 20. The van der Waals surface area contributed by atoms with E-state index in [1.165, 1.54) is 0 Å². The Kier molecular flexibility index (Phi) is 16.3. The van der Waals surface area contributed by atoms with Crippen molar-refractivity contribution in [1.82, 2.24) is 30.3 Å². The summed E-state index contributed by atoms with van der Waals surface area (Å²) in [5.74, 6) is -0.531. The van der Waals surface area contributed by atoms with Crippen molar-refractivity contribution in [1.29, 1.82) is 0 Å².